The van der Waals surface area contributed by atoms with E-state index in [-0.39, 0.29) is 42.2 Å². The van der Waals surface area contributed by atoms with Crippen molar-refractivity contribution in [1.82, 2.24) is 20.9 Å². The number of Topliss-reactive ketones (excluding diaryl/α,β-unsaturated/α-hetero) is 1. The molecule has 5 N–H and O–H groups in total. The molecule has 0 aliphatic carbocycles. The first-order valence-electron chi connectivity index (χ1n) is 20.0. The molecule has 0 bridgehead atoms. The zero-order valence-electron chi connectivity index (χ0n) is 34.1. The fraction of sp³-hybridized carbons (Fsp3) is 0.489. The van der Waals surface area contributed by atoms with Gasteiger partial charge in [-0.15, -0.1) is 11.8 Å². The minimum Gasteiger partial charge on any atom is -0.358 e. The summed E-state index contributed by atoms with van der Waals surface area (Å²) in [5, 5.41) is 8.28. The third-order valence-corrected chi connectivity index (χ3v) is 11.8. The average Bonchev–Trinajstić information content (AvgIpc) is 3.21. The molecule has 0 aromatic heterocycles. The van der Waals surface area contributed by atoms with Gasteiger partial charge >= 0.3 is 0 Å². The average molecular weight is 786 g/mol. The van der Waals surface area contributed by atoms with E-state index in [0.717, 1.165) is 36.0 Å². The molecule has 56 heavy (non-hydrogen) atoms. The van der Waals surface area contributed by atoms with Gasteiger partial charge in [0.15, 0.2) is 5.78 Å². The Morgan fingerprint density at radius 2 is 1.27 bits per heavy atom. The summed E-state index contributed by atoms with van der Waals surface area (Å²) in [6, 6.07) is 27.8. The van der Waals surface area contributed by atoms with Crippen molar-refractivity contribution in [2.24, 2.45) is 17.6 Å². The van der Waals surface area contributed by atoms with E-state index in [0.29, 0.717) is 25.7 Å². The molecule has 0 aliphatic heterocycles. The number of hydrogen-bond donors (Lipinski definition) is 4. The number of nitrogens with zero attached hydrogens (tertiary/aromatic N) is 1. The molecule has 3 rings (SSSR count). The normalized spacial score (nSPS) is 13.6. The van der Waals surface area contributed by atoms with E-state index in [1.165, 1.54) is 11.9 Å². The Balaban J connectivity index is 2.01. The van der Waals surface area contributed by atoms with Crippen LogP contribution < -0.4 is 21.7 Å². The zero-order chi connectivity index (χ0) is 41.1. The second-order valence-corrected chi connectivity index (χ2v) is 16.1. The number of thioether (sulfide) groups is 1. The quantitative estimate of drug-likeness (QED) is 0.0789. The highest BCUT2D eigenvalue weighted by atomic mass is 32.2. The van der Waals surface area contributed by atoms with Crippen LogP contribution in [0.3, 0.4) is 0 Å². The van der Waals surface area contributed by atoms with Crippen LogP contribution in [0.2, 0.25) is 0 Å². The third-order valence-electron chi connectivity index (χ3n) is 10.1. The molecule has 3 aromatic rings. The third kappa shape index (κ3) is 13.0. The van der Waals surface area contributed by atoms with Gasteiger partial charge < -0.3 is 26.6 Å². The van der Waals surface area contributed by atoms with Crippen LogP contribution >= 0.6 is 11.8 Å². The maximum Gasteiger partial charge on any atom is 0.243 e. The number of unbranched alkanes of at least 4 members (excludes halogenated alkanes) is 2. The van der Waals surface area contributed by atoms with E-state index in [1.54, 1.807) is 18.8 Å². The van der Waals surface area contributed by atoms with Crippen LogP contribution in [-0.4, -0.2) is 78.8 Å². The first kappa shape index (κ1) is 45.9. The molecule has 0 radical (unpaired) electrons. The Bertz CT molecular complexity index is 1580. The highest BCUT2D eigenvalue weighted by molar-refractivity contribution is 8.00. The Morgan fingerprint density at radius 1 is 0.768 bits per heavy atom. The van der Waals surface area contributed by atoms with Gasteiger partial charge in [-0.1, -0.05) is 144 Å². The lowest BCUT2D eigenvalue weighted by Gasteiger charge is -2.36. The van der Waals surface area contributed by atoms with Crippen LogP contribution in [0, 0.1) is 11.8 Å². The van der Waals surface area contributed by atoms with Gasteiger partial charge in [-0.05, 0) is 41.9 Å². The van der Waals surface area contributed by atoms with Crippen molar-refractivity contribution in [3.05, 3.63) is 108 Å². The van der Waals surface area contributed by atoms with Crippen LogP contribution in [0.4, 0.5) is 0 Å². The Morgan fingerprint density at radius 3 is 1.73 bits per heavy atom. The lowest BCUT2D eigenvalue weighted by Crippen LogP contribution is -2.55. The molecule has 304 valence electrons. The van der Waals surface area contributed by atoms with E-state index in [4.69, 9.17) is 5.73 Å². The molecule has 10 nitrogen and oxygen atoms in total. The molecule has 0 heterocycles. The van der Waals surface area contributed by atoms with E-state index >= 15 is 0 Å². The predicted octanol–water partition coefficient (Wildman–Crippen LogP) is 6.21. The van der Waals surface area contributed by atoms with Crippen molar-refractivity contribution in [3.8, 4) is 0 Å². The van der Waals surface area contributed by atoms with Gasteiger partial charge in [0.2, 0.25) is 23.6 Å². The van der Waals surface area contributed by atoms with E-state index in [1.807, 2.05) is 82.3 Å². The van der Waals surface area contributed by atoms with Crippen molar-refractivity contribution >= 4 is 41.2 Å². The lowest BCUT2D eigenvalue weighted by atomic mass is 9.84. The second-order valence-electron chi connectivity index (χ2n) is 14.9. The molecular weight excluding hydrogens is 723 g/mol. The molecule has 4 atom stereocenters. The number of likely N-dealkylation sites (N-methyl/N-ethyl adjacent to an activating group) is 2. The lowest BCUT2D eigenvalue weighted by molar-refractivity contribution is -0.141. The summed E-state index contributed by atoms with van der Waals surface area (Å²) < 4.78 is -0.751. The molecule has 0 saturated heterocycles. The first-order valence-corrected chi connectivity index (χ1v) is 21.0. The summed E-state index contributed by atoms with van der Waals surface area (Å²) in [5.41, 5.74) is 9.28. The van der Waals surface area contributed by atoms with Crippen LogP contribution in [-0.2, 0) is 28.7 Å². The predicted molar refractivity (Wildman–Crippen MR) is 227 cm³/mol. The Hall–Kier alpha value is -4.48. The summed E-state index contributed by atoms with van der Waals surface area (Å²) >= 11 is 1.56. The Kier molecular flexibility index (Phi) is 19.3. The molecule has 4 amide bonds. The maximum atomic E-state index is 14.4. The summed E-state index contributed by atoms with van der Waals surface area (Å²) in [7, 11) is 3.10. The zero-order valence-corrected chi connectivity index (χ0v) is 34.9. The van der Waals surface area contributed by atoms with Gasteiger partial charge in [0.25, 0.3) is 0 Å². The Labute approximate surface area is 338 Å². The van der Waals surface area contributed by atoms with E-state index in [9.17, 15) is 24.0 Å². The molecule has 11 heteroatoms. The van der Waals surface area contributed by atoms with Gasteiger partial charge in [-0.25, -0.2) is 0 Å². The minimum atomic E-state index is -0.898. The number of benzene rings is 3. The number of nitrogens with two attached hydrogens (primary N) is 1. The first-order chi connectivity index (χ1) is 26.9. The van der Waals surface area contributed by atoms with E-state index in [2.05, 4.69) is 52.3 Å². The van der Waals surface area contributed by atoms with Crippen molar-refractivity contribution in [2.75, 3.05) is 26.4 Å². The largest absolute Gasteiger partial charge is 0.358 e. The SMILES string of the molecule is CCCC[C@H](N)C(=O)N(C)[C@@H](CCCC)C(=O)N[C@@H](CC(C)C)C(=O)C[C@@H](CSC(c1ccccc1)(c1ccccc1)c1ccccc1)C(=O)NCC(=O)NC. The summed E-state index contributed by atoms with van der Waals surface area (Å²) in [6.45, 7) is 7.76. The number of nitrogens with one attached hydrogen (secondary N) is 3. The number of carbonyl (C=O) groups is 5. The van der Waals surface area contributed by atoms with Crippen molar-refractivity contribution in [1.29, 1.82) is 0 Å². The van der Waals surface area contributed by atoms with Crippen LogP contribution in [0.25, 0.3) is 0 Å². The molecule has 0 spiro atoms. The highest BCUT2D eigenvalue weighted by Crippen LogP contribution is 2.49. The summed E-state index contributed by atoms with van der Waals surface area (Å²) in [5.74, 6) is -2.39. The fourth-order valence-electron chi connectivity index (χ4n) is 6.88. The van der Waals surface area contributed by atoms with E-state index < -0.39 is 40.6 Å². The van der Waals surface area contributed by atoms with Crippen molar-refractivity contribution < 1.29 is 24.0 Å². The molecule has 0 fully saturated rings. The highest BCUT2D eigenvalue weighted by Gasteiger charge is 2.40. The molecule has 0 saturated carbocycles. The van der Waals surface area contributed by atoms with Crippen LogP contribution in [0.1, 0.15) is 95.8 Å². The monoisotopic (exact) mass is 785 g/mol. The number of ketones is 1. The number of carbonyl (C=O) groups excluding carboxylic acids is 5. The minimum absolute atomic E-state index is 0.0389. The topological polar surface area (TPSA) is 151 Å². The fourth-order valence-corrected chi connectivity index (χ4v) is 8.51. The maximum absolute atomic E-state index is 14.4. The van der Waals surface area contributed by atoms with Gasteiger partial charge in [0, 0.05) is 26.3 Å². The number of hydrogen-bond acceptors (Lipinski definition) is 7. The standard InChI is InChI=1S/C45H63N5O5S/c1-7-9-26-37(46)44(55)50(6)39(27-10-8-2)43(54)49-38(28-32(3)4)40(51)29-33(42(53)48-30-41(52)47-5)31-56-45(34-20-14-11-15-21-34,35-22-16-12-17-23-35)36-24-18-13-19-25-36/h11-25,32-33,37-39H,7-10,26-31,46H2,1-6H3,(H,47,52)(H,48,53)(H,49,54)/t33-,37-,38-,39-/m0/s1. The number of rotatable bonds is 24. The number of amides is 4. The summed E-state index contributed by atoms with van der Waals surface area (Å²) in [4.78, 5) is 69.5. The molecule has 0 unspecified atom stereocenters. The van der Waals surface area contributed by atoms with Crippen LogP contribution in [0.5, 0.6) is 0 Å². The second kappa shape index (κ2) is 23.6. The summed E-state index contributed by atoms with van der Waals surface area (Å²) in [6.07, 6.45) is 4.36. The molecular formula is C45H63N5O5S. The van der Waals surface area contributed by atoms with Crippen LogP contribution in [0.15, 0.2) is 91.0 Å². The molecule has 0 aliphatic rings. The van der Waals surface area contributed by atoms with Crippen molar-refractivity contribution in [2.45, 2.75) is 102 Å². The van der Waals surface area contributed by atoms with Crippen molar-refractivity contribution in [3.63, 3.8) is 0 Å². The van der Waals surface area contributed by atoms with Gasteiger partial charge in [-0.2, -0.15) is 0 Å². The van der Waals surface area contributed by atoms with Gasteiger partial charge in [0.05, 0.1) is 29.3 Å². The smallest absolute Gasteiger partial charge is 0.243 e. The van der Waals surface area contributed by atoms with Gasteiger partial charge in [0.1, 0.15) is 6.04 Å². The van der Waals surface area contributed by atoms with Gasteiger partial charge in [-0.3, -0.25) is 24.0 Å². The molecule has 3 aromatic carbocycles.